The molecule has 1 saturated heterocycles. The number of amides is 3. The minimum absolute atomic E-state index is 0.0509. The zero-order chi connectivity index (χ0) is 31.1. The second-order valence-corrected chi connectivity index (χ2v) is 12.5. The van der Waals surface area contributed by atoms with Gasteiger partial charge in [0, 0.05) is 60.2 Å². The van der Waals surface area contributed by atoms with Crippen molar-refractivity contribution in [2.75, 3.05) is 65.0 Å². The van der Waals surface area contributed by atoms with Crippen LogP contribution in [0.1, 0.15) is 44.7 Å². The van der Waals surface area contributed by atoms with Crippen molar-refractivity contribution in [3.8, 4) is 5.75 Å². The molecule has 0 N–H and O–H groups in total. The molecule has 44 heavy (non-hydrogen) atoms. The summed E-state index contributed by atoms with van der Waals surface area (Å²) in [5.41, 5.74) is 1.45. The number of carbonyl (C=O) groups is 3. The number of anilines is 1. The highest BCUT2D eigenvalue weighted by atomic mass is 35.5. The predicted octanol–water partition coefficient (Wildman–Crippen LogP) is 2.59. The number of nitrogens with zero attached hydrogens (tertiary/aromatic N) is 7. The molecule has 3 aromatic heterocycles. The van der Waals surface area contributed by atoms with Crippen LogP contribution in [0.25, 0.3) is 0 Å². The van der Waals surface area contributed by atoms with Crippen LogP contribution in [-0.2, 0) is 33.8 Å². The summed E-state index contributed by atoms with van der Waals surface area (Å²) in [5, 5.41) is 0.135. The average Bonchev–Trinajstić information content (AvgIpc) is 3.59. The van der Waals surface area contributed by atoms with Crippen LogP contribution in [0.3, 0.4) is 0 Å². The fraction of sp³-hybridized carbons (Fsp3) is 0.483. The molecule has 234 valence electrons. The van der Waals surface area contributed by atoms with Gasteiger partial charge < -0.3 is 33.6 Å². The van der Waals surface area contributed by atoms with Gasteiger partial charge in [0.2, 0.25) is 5.91 Å². The number of aromatic nitrogens is 3. The largest absolute Gasteiger partial charge is 0.481 e. The smallest absolute Gasteiger partial charge is 0.263 e. The molecule has 0 radical (unpaired) electrons. The fourth-order valence-corrected chi connectivity index (χ4v) is 7.19. The molecule has 0 saturated carbocycles. The monoisotopic (exact) mass is 645 g/mol. The minimum Gasteiger partial charge on any atom is -0.481 e. The Kier molecular flexibility index (Phi) is 8.49. The lowest BCUT2D eigenvalue weighted by Gasteiger charge is -2.37. The molecular formula is C29H33ClFN7O5S. The van der Waals surface area contributed by atoms with Crippen LogP contribution >= 0.6 is 22.9 Å². The first-order valence-corrected chi connectivity index (χ1v) is 15.6. The van der Waals surface area contributed by atoms with Crippen molar-refractivity contribution < 1.29 is 28.2 Å². The summed E-state index contributed by atoms with van der Waals surface area (Å²) in [5.74, 6) is 0.326. The van der Waals surface area contributed by atoms with E-state index in [0.717, 1.165) is 17.0 Å². The van der Waals surface area contributed by atoms with Crippen molar-refractivity contribution in [1.82, 2.24) is 29.2 Å². The highest BCUT2D eigenvalue weighted by Gasteiger charge is 2.41. The molecule has 0 bridgehead atoms. The molecule has 15 heteroatoms. The standard InChI is InChI=1S/C29H33ClFN7O5S/c1-17(39)36-8-9-37-23(15-36)32-19-6-7-38(26(25(19)37)27-18(31)14-21(44-27)29(41)34(2)3)24(40)16-43-20-4-5-22(33-28(20)30)35-10-12-42-13-11-35/h4-5,14,26H,6-13,15-16H2,1-3H3. The number of fused-ring (bicyclic) bond motifs is 3. The van der Waals surface area contributed by atoms with Gasteiger partial charge in [0.05, 0.1) is 40.9 Å². The predicted molar refractivity (Wildman–Crippen MR) is 161 cm³/mol. The topological polar surface area (TPSA) is 113 Å². The van der Waals surface area contributed by atoms with Crippen LogP contribution < -0.4 is 9.64 Å². The Labute approximate surface area is 262 Å². The molecule has 1 unspecified atom stereocenters. The number of carbonyl (C=O) groups excluding carboxylic acids is 3. The van der Waals surface area contributed by atoms with Crippen molar-refractivity contribution in [3.05, 3.63) is 56.1 Å². The molecule has 3 aromatic rings. The minimum atomic E-state index is -0.828. The lowest BCUT2D eigenvalue weighted by Crippen LogP contribution is -2.44. The molecule has 6 rings (SSSR count). The summed E-state index contributed by atoms with van der Waals surface area (Å²) in [6.45, 7) is 5.31. The highest BCUT2D eigenvalue weighted by molar-refractivity contribution is 7.14. The van der Waals surface area contributed by atoms with E-state index in [1.165, 1.54) is 17.9 Å². The summed E-state index contributed by atoms with van der Waals surface area (Å²) in [4.78, 5) is 55.1. The number of ether oxygens (including phenoxy) is 2. The molecular weight excluding hydrogens is 613 g/mol. The quantitative estimate of drug-likeness (QED) is 0.376. The van der Waals surface area contributed by atoms with Crippen LogP contribution in [0.2, 0.25) is 5.15 Å². The third-order valence-corrected chi connectivity index (χ3v) is 9.50. The maximum atomic E-state index is 15.7. The van der Waals surface area contributed by atoms with Crippen LogP contribution in [0, 0.1) is 5.82 Å². The van der Waals surface area contributed by atoms with Crippen LogP contribution in [0.4, 0.5) is 10.2 Å². The second kappa shape index (κ2) is 12.3. The normalized spacial score (nSPS) is 18.1. The lowest BCUT2D eigenvalue weighted by atomic mass is 10.00. The molecule has 0 aliphatic carbocycles. The maximum Gasteiger partial charge on any atom is 0.263 e. The molecule has 0 aromatic carbocycles. The maximum absolute atomic E-state index is 15.7. The number of imidazole rings is 1. The zero-order valence-electron chi connectivity index (χ0n) is 24.7. The van der Waals surface area contributed by atoms with Crippen molar-refractivity contribution in [2.24, 2.45) is 0 Å². The van der Waals surface area contributed by atoms with Gasteiger partial charge in [0.25, 0.3) is 11.8 Å². The lowest BCUT2D eigenvalue weighted by molar-refractivity contribution is -0.135. The third kappa shape index (κ3) is 5.73. The Morgan fingerprint density at radius 1 is 1.14 bits per heavy atom. The van der Waals surface area contributed by atoms with Gasteiger partial charge in [-0.05, 0) is 18.2 Å². The summed E-state index contributed by atoms with van der Waals surface area (Å²) in [6, 6.07) is 3.87. The van der Waals surface area contributed by atoms with Gasteiger partial charge >= 0.3 is 0 Å². The molecule has 3 aliphatic heterocycles. The second-order valence-electron chi connectivity index (χ2n) is 11.1. The van der Waals surface area contributed by atoms with E-state index in [1.54, 1.807) is 36.0 Å². The number of morpholine rings is 1. The van der Waals surface area contributed by atoms with Gasteiger partial charge in [-0.1, -0.05) is 11.6 Å². The number of hydrogen-bond donors (Lipinski definition) is 0. The number of rotatable bonds is 6. The first-order chi connectivity index (χ1) is 21.1. The SMILES string of the molecule is CC(=O)N1CCn2c(nc3c2C(c2sc(C(=O)N(C)C)cc2F)N(C(=O)COc2ccc(N4CCOCC4)nc2Cl)CC3)C1. The Morgan fingerprint density at radius 2 is 1.91 bits per heavy atom. The number of pyridine rings is 1. The zero-order valence-corrected chi connectivity index (χ0v) is 26.3. The van der Waals surface area contributed by atoms with Gasteiger partial charge in [-0.15, -0.1) is 11.3 Å². The van der Waals surface area contributed by atoms with Gasteiger partial charge in [0.15, 0.2) is 17.5 Å². The van der Waals surface area contributed by atoms with Gasteiger partial charge in [-0.3, -0.25) is 14.4 Å². The first-order valence-electron chi connectivity index (χ1n) is 14.4. The molecule has 6 heterocycles. The molecule has 3 amide bonds. The number of halogens is 2. The van der Waals surface area contributed by atoms with E-state index in [1.807, 2.05) is 4.57 Å². The van der Waals surface area contributed by atoms with Crippen molar-refractivity contribution in [1.29, 1.82) is 0 Å². The highest BCUT2D eigenvalue weighted by Crippen LogP contribution is 2.41. The van der Waals surface area contributed by atoms with Crippen LogP contribution in [-0.4, -0.2) is 107 Å². The molecule has 1 atom stereocenters. The van der Waals surface area contributed by atoms with Gasteiger partial charge in [0.1, 0.15) is 23.5 Å². The van der Waals surface area contributed by atoms with E-state index >= 15 is 4.39 Å². The Balaban J connectivity index is 1.29. The van der Waals surface area contributed by atoms with E-state index in [-0.39, 0.29) is 51.5 Å². The summed E-state index contributed by atoms with van der Waals surface area (Å²) < 4.78 is 28.9. The molecule has 1 fully saturated rings. The van der Waals surface area contributed by atoms with Crippen molar-refractivity contribution >= 4 is 46.5 Å². The molecule has 3 aliphatic rings. The van der Waals surface area contributed by atoms with E-state index < -0.39 is 11.9 Å². The number of hydrogen-bond acceptors (Lipinski definition) is 9. The van der Waals surface area contributed by atoms with Gasteiger partial charge in [-0.2, -0.15) is 0 Å². The summed E-state index contributed by atoms with van der Waals surface area (Å²) in [6.07, 6.45) is 0.449. The Morgan fingerprint density at radius 3 is 2.61 bits per heavy atom. The molecule has 0 spiro atoms. The number of thiophene rings is 1. The molecule has 12 nitrogen and oxygen atoms in total. The average molecular weight is 646 g/mol. The Hall–Kier alpha value is -3.75. The van der Waals surface area contributed by atoms with E-state index in [9.17, 15) is 14.4 Å². The summed E-state index contributed by atoms with van der Waals surface area (Å²) >= 11 is 7.47. The fourth-order valence-electron chi connectivity index (χ4n) is 5.81. The van der Waals surface area contributed by atoms with E-state index in [2.05, 4.69) is 9.88 Å². The third-order valence-electron chi connectivity index (χ3n) is 8.08. The van der Waals surface area contributed by atoms with Gasteiger partial charge in [-0.25, -0.2) is 14.4 Å². The van der Waals surface area contributed by atoms with Crippen LogP contribution in [0.5, 0.6) is 5.75 Å². The van der Waals surface area contributed by atoms with E-state index in [4.69, 9.17) is 26.1 Å². The first kappa shape index (κ1) is 30.3. The summed E-state index contributed by atoms with van der Waals surface area (Å²) in [7, 11) is 3.21. The Bertz CT molecular complexity index is 1600. The van der Waals surface area contributed by atoms with Crippen molar-refractivity contribution in [2.45, 2.75) is 32.5 Å². The van der Waals surface area contributed by atoms with Crippen molar-refractivity contribution in [3.63, 3.8) is 0 Å². The van der Waals surface area contributed by atoms with E-state index in [0.29, 0.717) is 69.7 Å². The van der Waals surface area contributed by atoms with Crippen LogP contribution in [0.15, 0.2) is 18.2 Å².